The molecule has 0 fully saturated rings. The number of pyridine rings is 1. The minimum atomic E-state index is -3.76. The van der Waals surface area contributed by atoms with Gasteiger partial charge in [0.25, 0.3) is 15.9 Å². The average molecular weight is 403 g/mol. The molecule has 3 aromatic rings. The number of benzene rings is 1. The first-order valence-electron chi connectivity index (χ1n) is 8.09. The van der Waals surface area contributed by atoms with Crippen LogP contribution in [0.15, 0.2) is 53.7 Å². The van der Waals surface area contributed by atoms with Crippen LogP contribution >= 0.6 is 11.3 Å². The lowest BCUT2D eigenvalue weighted by Crippen LogP contribution is -2.22. The van der Waals surface area contributed by atoms with Gasteiger partial charge in [0.15, 0.2) is 5.13 Å². The van der Waals surface area contributed by atoms with Gasteiger partial charge in [-0.1, -0.05) is 35.1 Å². The highest BCUT2D eigenvalue weighted by molar-refractivity contribution is 7.93. The van der Waals surface area contributed by atoms with Crippen LogP contribution in [-0.2, 0) is 16.6 Å². The molecule has 140 valence electrons. The number of aryl methyl sites for hydroxylation is 2. The zero-order valence-electron chi connectivity index (χ0n) is 14.8. The van der Waals surface area contributed by atoms with Crippen LogP contribution in [0.1, 0.15) is 26.5 Å². The van der Waals surface area contributed by atoms with Crippen molar-refractivity contribution in [1.82, 2.24) is 15.3 Å². The Balaban J connectivity index is 1.72. The zero-order valence-corrected chi connectivity index (χ0v) is 16.4. The monoisotopic (exact) mass is 402 g/mol. The number of hydrogen-bond donors (Lipinski definition) is 2. The summed E-state index contributed by atoms with van der Waals surface area (Å²) in [5.74, 6) is -0.311. The van der Waals surface area contributed by atoms with Crippen molar-refractivity contribution >= 4 is 32.4 Å². The van der Waals surface area contributed by atoms with E-state index in [1.54, 1.807) is 37.5 Å². The normalized spacial score (nSPS) is 11.2. The topological polar surface area (TPSA) is 101 Å². The Morgan fingerprint density at radius 3 is 2.56 bits per heavy atom. The van der Waals surface area contributed by atoms with Crippen LogP contribution in [0.3, 0.4) is 0 Å². The number of hydrogen-bond acceptors (Lipinski definition) is 6. The predicted octanol–water partition coefficient (Wildman–Crippen LogP) is 2.89. The number of nitrogens with one attached hydrogen (secondary N) is 2. The highest BCUT2D eigenvalue weighted by Crippen LogP contribution is 2.25. The van der Waals surface area contributed by atoms with E-state index in [4.69, 9.17) is 0 Å². The van der Waals surface area contributed by atoms with Crippen LogP contribution in [0.25, 0.3) is 0 Å². The second kappa shape index (κ2) is 7.85. The molecule has 2 aromatic heterocycles. The van der Waals surface area contributed by atoms with E-state index >= 15 is 0 Å². The van der Waals surface area contributed by atoms with Crippen molar-refractivity contribution in [3.63, 3.8) is 0 Å². The second-order valence-electron chi connectivity index (χ2n) is 5.90. The zero-order chi connectivity index (χ0) is 19.4. The lowest BCUT2D eigenvalue weighted by Gasteiger charge is -2.05. The minimum Gasteiger partial charge on any atom is -0.347 e. The van der Waals surface area contributed by atoms with Gasteiger partial charge in [-0.2, -0.15) is 0 Å². The molecule has 0 atom stereocenters. The highest BCUT2D eigenvalue weighted by atomic mass is 32.2. The Kier molecular flexibility index (Phi) is 5.52. The summed E-state index contributed by atoms with van der Waals surface area (Å²) in [6.45, 7) is 3.87. The molecule has 9 heteroatoms. The van der Waals surface area contributed by atoms with E-state index in [0.29, 0.717) is 17.1 Å². The fourth-order valence-electron chi connectivity index (χ4n) is 2.31. The summed E-state index contributed by atoms with van der Waals surface area (Å²) in [5.41, 5.74) is 2.30. The number of nitrogens with zero attached hydrogens (tertiary/aromatic N) is 2. The van der Waals surface area contributed by atoms with Gasteiger partial charge in [-0.3, -0.25) is 14.5 Å². The molecule has 0 saturated heterocycles. The molecule has 1 amide bonds. The van der Waals surface area contributed by atoms with E-state index in [2.05, 4.69) is 20.0 Å². The highest BCUT2D eigenvalue weighted by Gasteiger charge is 2.20. The van der Waals surface area contributed by atoms with E-state index in [1.165, 1.54) is 12.1 Å². The van der Waals surface area contributed by atoms with Crippen molar-refractivity contribution in [3.05, 3.63) is 70.5 Å². The Hall–Kier alpha value is -2.78. The summed E-state index contributed by atoms with van der Waals surface area (Å²) in [7, 11) is -3.76. The summed E-state index contributed by atoms with van der Waals surface area (Å²) >= 11 is 0.998. The maximum atomic E-state index is 12.5. The van der Waals surface area contributed by atoms with Crippen LogP contribution < -0.4 is 10.0 Å². The molecule has 0 aliphatic carbocycles. The maximum Gasteiger partial charge on any atom is 0.263 e. The van der Waals surface area contributed by atoms with Gasteiger partial charge >= 0.3 is 0 Å². The smallest absolute Gasteiger partial charge is 0.263 e. The largest absolute Gasteiger partial charge is 0.347 e. The van der Waals surface area contributed by atoms with Gasteiger partial charge in [-0.05, 0) is 37.6 Å². The van der Waals surface area contributed by atoms with Crippen molar-refractivity contribution in [1.29, 1.82) is 0 Å². The van der Waals surface area contributed by atoms with E-state index in [-0.39, 0.29) is 15.9 Å². The molecule has 27 heavy (non-hydrogen) atoms. The van der Waals surface area contributed by atoms with Gasteiger partial charge in [0.1, 0.15) is 4.88 Å². The van der Waals surface area contributed by atoms with Crippen LogP contribution in [0, 0.1) is 13.8 Å². The molecule has 2 N–H and O–H groups in total. The molecule has 3 rings (SSSR count). The molecule has 0 unspecified atom stereocenters. The Labute approximate surface area is 161 Å². The number of sulfonamides is 1. The van der Waals surface area contributed by atoms with Crippen molar-refractivity contribution in [2.45, 2.75) is 25.3 Å². The van der Waals surface area contributed by atoms with Crippen LogP contribution in [0.5, 0.6) is 0 Å². The summed E-state index contributed by atoms with van der Waals surface area (Å²) in [4.78, 5) is 21.1. The number of aromatic nitrogens is 2. The summed E-state index contributed by atoms with van der Waals surface area (Å²) in [5, 5.41) is 2.94. The number of thiazole rings is 1. The fraction of sp³-hybridized carbons (Fsp3) is 0.167. The maximum absolute atomic E-state index is 12.5. The molecule has 0 radical (unpaired) electrons. The third-order valence-electron chi connectivity index (χ3n) is 3.73. The van der Waals surface area contributed by atoms with Crippen LogP contribution in [0.2, 0.25) is 0 Å². The van der Waals surface area contributed by atoms with Gasteiger partial charge in [0.05, 0.1) is 10.6 Å². The van der Waals surface area contributed by atoms with Crippen LogP contribution in [0.4, 0.5) is 5.13 Å². The number of carbonyl (C=O) groups excluding carboxylic acids is 1. The predicted molar refractivity (Wildman–Crippen MR) is 104 cm³/mol. The molecule has 7 nitrogen and oxygen atoms in total. The fourth-order valence-corrected chi connectivity index (χ4v) is 4.43. The first-order valence-corrected chi connectivity index (χ1v) is 10.4. The van der Waals surface area contributed by atoms with E-state index < -0.39 is 10.0 Å². The lowest BCUT2D eigenvalue weighted by atomic mass is 10.2. The molecular formula is C18H18N4O3S2. The van der Waals surface area contributed by atoms with E-state index in [0.717, 1.165) is 22.5 Å². The minimum absolute atomic E-state index is 0.142. The molecular weight excluding hydrogens is 384 g/mol. The lowest BCUT2D eigenvalue weighted by molar-refractivity contribution is 0.0954. The van der Waals surface area contributed by atoms with Gasteiger partial charge < -0.3 is 5.32 Å². The first-order chi connectivity index (χ1) is 12.8. The molecule has 2 heterocycles. The summed E-state index contributed by atoms with van der Waals surface area (Å²) < 4.78 is 27.4. The molecule has 0 aliphatic heterocycles. The third kappa shape index (κ3) is 4.69. The molecule has 0 spiro atoms. The summed E-state index contributed by atoms with van der Waals surface area (Å²) in [6, 6.07) is 10.1. The van der Waals surface area contributed by atoms with E-state index in [1.807, 2.05) is 13.0 Å². The number of amides is 1. The number of carbonyl (C=O) groups is 1. The number of rotatable bonds is 6. The quantitative estimate of drug-likeness (QED) is 0.660. The van der Waals surface area contributed by atoms with Crippen molar-refractivity contribution in [2.75, 3.05) is 4.72 Å². The Morgan fingerprint density at radius 2 is 1.89 bits per heavy atom. The third-order valence-corrected chi connectivity index (χ3v) is 6.29. The molecule has 0 saturated carbocycles. The van der Waals surface area contributed by atoms with Crippen LogP contribution in [-0.4, -0.2) is 24.3 Å². The SMILES string of the molecule is Cc1ccc(S(=O)(=O)Nc2nc(C)c(C(=O)NCc3cccnc3)s2)cc1. The average Bonchev–Trinajstić information content (AvgIpc) is 3.00. The first kappa shape index (κ1) is 19.0. The second-order valence-corrected chi connectivity index (χ2v) is 8.58. The standard InChI is InChI=1S/C18H18N4O3S2/c1-12-5-7-15(8-6-12)27(24,25)22-18-21-13(2)16(26-18)17(23)20-11-14-4-3-9-19-10-14/h3-10H,11H2,1-2H3,(H,20,23)(H,21,22). The molecule has 1 aromatic carbocycles. The van der Waals surface area contributed by atoms with E-state index in [9.17, 15) is 13.2 Å². The Morgan fingerprint density at radius 1 is 1.15 bits per heavy atom. The Bertz CT molecular complexity index is 1050. The summed E-state index contributed by atoms with van der Waals surface area (Å²) in [6.07, 6.45) is 3.33. The van der Waals surface area contributed by atoms with Gasteiger partial charge in [-0.15, -0.1) is 0 Å². The molecule has 0 bridgehead atoms. The van der Waals surface area contributed by atoms with Gasteiger partial charge in [0, 0.05) is 18.9 Å². The van der Waals surface area contributed by atoms with Crippen molar-refractivity contribution < 1.29 is 13.2 Å². The van der Waals surface area contributed by atoms with Crippen molar-refractivity contribution in [3.8, 4) is 0 Å². The number of anilines is 1. The van der Waals surface area contributed by atoms with Gasteiger partial charge in [-0.25, -0.2) is 13.4 Å². The van der Waals surface area contributed by atoms with Crippen molar-refractivity contribution in [2.24, 2.45) is 0 Å². The van der Waals surface area contributed by atoms with Gasteiger partial charge in [0.2, 0.25) is 0 Å². The molecule has 0 aliphatic rings.